The number of halogens is 2. The molecule has 1 aromatic rings. The number of rotatable bonds is 4. The van der Waals surface area contributed by atoms with E-state index in [0.717, 1.165) is 19.4 Å². The van der Waals surface area contributed by atoms with E-state index in [-0.39, 0.29) is 12.1 Å². The molecule has 3 rings (SSSR count). The van der Waals surface area contributed by atoms with Crippen molar-refractivity contribution in [2.24, 2.45) is 10.7 Å². The van der Waals surface area contributed by atoms with Crippen LogP contribution in [0.15, 0.2) is 29.3 Å². The maximum atomic E-state index is 14.8. The zero-order chi connectivity index (χ0) is 15.6. The maximum absolute atomic E-state index is 14.8. The molecule has 1 atom stereocenters. The molecule has 1 aliphatic heterocycles. The normalized spacial score (nSPS) is 31.8. The van der Waals surface area contributed by atoms with Crippen LogP contribution in [0.5, 0.6) is 0 Å². The molecule has 1 heterocycles. The molecule has 1 saturated carbocycles. The summed E-state index contributed by atoms with van der Waals surface area (Å²) in [6.07, 6.45) is 3.05. The molecule has 22 heavy (non-hydrogen) atoms. The van der Waals surface area contributed by atoms with E-state index in [1.165, 1.54) is 0 Å². The monoisotopic (exact) mass is 325 g/mol. The summed E-state index contributed by atoms with van der Waals surface area (Å²) in [4.78, 5) is 4.28. The van der Waals surface area contributed by atoms with Gasteiger partial charge in [-0.1, -0.05) is 23.7 Å². The highest BCUT2D eigenvalue weighted by Gasteiger charge is 2.46. The number of hydrogen-bond donors (Lipinski definition) is 2. The molecular weight excluding hydrogens is 305 g/mol. The third-order valence-electron chi connectivity index (χ3n) is 4.32. The Labute approximate surface area is 134 Å². The maximum Gasteiger partial charge on any atom is 0.188 e. The molecule has 2 aliphatic rings. The van der Waals surface area contributed by atoms with E-state index in [9.17, 15) is 4.39 Å². The van der Waals surface area contributed by atoms with Gasteiger partial charge in [0.2, 0.25) is 0 Å². The first-order valence-corrected chi connectivity index (χ1v) is 8.06. The minimum Gasteiger partial charge on any atom is -0.376 e. The van der Waals surface area contributed by atoms with E-state index < -0.39 is 5.67 Å². The Bertz CT molecular complexity index is 554. The Kier molecular flexibility index (Phi) is 4.54. The molecule has 1 aromatic carbocycles. The van der Waals surface area contributed by atoms with Gasteiger partial charge in [0.05, 0.1) is 12.6 Å². The van der Waals surface area contributed by atoms with Crippen LogP contribution in [0.1, 0.15) is 31.2 Å². The molecular formula is C16H21ClFN3O. The summed E-state index contributed by atoms with van der Waals surface area (Å²) >= 11 is 5.92. The smallest absolute Gasteiger partial charge is 0.188 e. The topological polar surface area (TPSA) is 59.6 Å². The van der Waals surface area contributed by atoms with E-state index in [1.807, 2.05) is 0 Å². The fourth-order valence-corrected chi connectivity index (χ4v) is 3.26. The van der Waals surface area contributed by atoms with Crippen molar-refractivity contribution >= 4 is 17.6 Å². The van der Waals surface area contributed by atoms with E-state index >= 15 is 0 Å². The van der Waals surface area contributed by atoms with Crippen molar-refractivity contribution < 1.29 is 9.13 Å². The van der Waals surface area contributed by atoms with Crippen molar-refractivity contribution in [3.63, 3.8) is 0 Å². The summed E-state index contributed by atoms with van der Waals surface area (Å²) in [7, 11) is 0. The van der Waals surface area contributed by atoms with Crippen molar-refractivity contribution in [3.8, 4) is 0 Å². The van der Waals surface area contributed by atoms with Gasteiger partial charge in [0, 0.05) is 30.5 Å². The van der Waals surface area contributed by atoms with Gasteiger partial charge >= 0.3 is 0 Å². The second-order valence-electron chi connectivity index (χ2n) is 6.09. The number of nitrogens with two attached hydrogens (primary N) is 1. The Morgan fingerprint density at radius 2 is 2.32 bits per heavy atom. The third-order valence-corrected chi connectivity index (χ3v) is 4.56. The summed E-state index contributed by atoms with van der Waals surface area (Å²) in [5, 5.41) is 3.64. The van der Waals surface area contributed by atoms with E-state index in [1.54, 1.807) is 24.3 Å². The summed E-state index contributed by atoms with van der Waals surface area (Å²) in [5.41, 5.74) is 5.16. The lowest BCUT2D eigenvalue weighted by Gasteiger charge is -2.42. The lowest BCUT2D eigenvalue weighted by atomic mass is 9.73. The number of alkyl halides is 1. The minimum absolute atomic E-state index is 0.0113. The highest BCUT2D eigenvalue weighted by Crippen LogP contribution is 2.45. The van der Waals surface area contributed by atoms with Gasteiger partial charge in [-0.25, -0.2) is 4.39 Å². The number of guanidine groups is 1. The van der Waals surface area contributed by atoms with Gasteiger partial charge in [0.15, 0.2) is 5.96 Å². The third kappa shape index (κ3) is 3.52. The van der Waals surface area contributed by atoms with Crippen LogP contribution in [-0.4, -0.2) is 31.3 Å². The van der Waals surface area contributed by atoms with Gasteiger partial charge in [0.1, 0.15) is 5.67 Å². The molecule has 0 spiro atoms. The van der Waals surface area contributed by atoms with Crippen molar-refractivity contribution in [2.45, 2.75) is 43.5 Å². The summed E-state index contributed by atoms with van der Waals surface area (Å²) in [5.74, 6) is 0.369. The first-order chi connectivity index (χ1) is 10.5. The molecule has 3 N–H and O–H groups in total. The summed E-state index contributed by atoms with van der Waals surface area (Å²) < 4.78 is 20.2. The summed E-state index contributed by atoms with van der Waals surface area (Å²) in [6, 6.07) is 7.00. The summed E-state index contributed by atoms with van der Waals surface area (Å²) in [6.45, 7) is 1.38. The zero-order valence-electron chi connectivity index (χ0n) is 12.4. The SMILES string of the molecule is NC(=NCC1CCCO1)NC1CC(F)(c2cccc(Cl)c2)C1. The average molecular weight is 326 g/mol. The minimum atomic E-state index is -1.32. The van der Waals surface area contributed by atoms with E-state index in [0.29, 0.717) is 35.9 Å². The Morgan fingerprint density at radius 3 is 3.00 bits per heavy atom. The van der Waals surface area contributed by atoms with Gasteiger partial charge in [0.25, 0.3) is 0 Å². The fraction of sp³-hybridized carbons (Fsp3) is 0.562. The lowest BCUT2D eigenvalue weighted by Crippen LogP contribution is -2.53. The number of aliphatic imine (C=N–C) groups is 1. The lowest BCUT2D eigenvalue weighted by molar-refractivity contribution is 0.0326. The Morgan fingerprint density at radius 1 is 1.50 bits per heavy atom. The van der Waals surface area contributed by atoms with Crippen LogP contribution in [0.3, 0.4) is 0 Å². The Balaban J connectivity index is 1.49. The van der Waals surface area contributed by atoms with Crippen molar-refractivity contribution in [2.75, 3.05) is 13.2 Å². The zero-order valence-corrected chi connectivity index (χ0v) is 13.2. The van der Waals surface area contributed by atoms with Gasteiger partial charge in [-0.2, -0.15) is 0 Å². The molecule has 1 saturated heterocycles. The number of nitrogens with one attached hydrogen (secondary N) is 1. The predicted octanol–water partition coefficient (Wildman–Crippen LogP) is 2.75. The largest absolute Gasteiger partial charge is 0.376 e. The first kappa shape index (κ1) is 15.6. The number of benzene rings is 1. The molecule has 2 fully saturated rings. The second-order valence-corrected chi connectivity index (χ2v) is 6.52. The van der Waals surface area contributed by atoms with E-state index in [2.05, 4.69) is 10.3 Å². The van der Waals surface area contributed by atoms with Crippen LogP contribution in [0.25, 0.3) is 0 Å². The van der Waals surface area contributed by atoms with Crippen molar-refractivity contribution in [1.82, 2.24) is 5.32 Å². The molecule has 6 heteroatoms. The molecule has 0 radical (unpaired) electrons. The van der Waals surface area contributed by atoms with Crippen molar-refractivity contribution in [3.05, 3.63) is 34.9 Å². The van der Waals surface area contributed by atoms with Gasteiger partial charge < -0.3 is 15.8 Å². The second kappa shape index (κ2) is 6.42. The fourth-order valence-electron chi connectivity index (χ4n) is 3.07. The molecule has 1 unspecified atom stereocenters. The van der Waals surface area contributed by atoms with Crippen LogP contribution in [-0.2, 0) is 10.4 Å². The Hall–Kier alpha value is -1.33. The average Bonchev–Trinajstić information content (AvgIpc) is 2.96. The standard InChI is InChI=1S/C16H21ClFN3O/c17-12-4-1-3-11(7-12)16(18)8-13(9-16)21-15(19)20-10-14-5-2-6-22-14/h1,3-4,7,13-14H,2,5-6,8-10H2,(H3,19,20,21). The predicted molar refractivity (Wildman–Crippen MR) is 85.9 cm³/mol. The van der Waals surface area contributed by atoms with Crippen LogP contribution in [0, 0.1) is 0 Å². The van der Waals surface area contributed by atoms with Crippen LogP contribution >= 0.6 is 11.6 Å². The molecule has 0 bridgehead atoms. The number of ether oxygens (including phenoxy) is 1. The van der Waals surface area contributed by atoms with Crippen molar-refractivity contribution in [1.29, 1.82) is 0 Å². The van der Waals surface area contributed by atoms with Crippen LogP contribution < -0.4 is 11.1 Å². The van der Waals surface area contributed by atoms with Gasteiger partial charge in [-0.15, -0.1) is 0 Å². The number of nitrogens with zero attached hydrogens (tertiary/aromatic N) is 1. The van der Waals surface area contributed by atoms with Gasteiger partial charge in [-0.3, -0.25) is 4.99 Å². The van der Waals surface area contributed by atoms with E-state index in [4.69, 9.17) is 22.1 Å². The van der Waals surface area contributed by atoms with Gasteiger partial charge in [-0.05, 0) is 30.5 Å². The van der Waals surface area contributed by atoms with Crippen LogP contribution in [0.4, 0.5) is 4.39 Å². The molecule has 4 nitrogen and oxygen atoms in total. The molecule has 120 valence electrons. The highest BCUT2D eigenvalue weighted by molar-refractivity contribution is 6.30. The number of hydrogen-bond acceptors (Lipinski definition) is 2. The quantitative estimate of drug-likeness (QED) is 0.661. The first-order valence-electron chi connectivity index (χ1n) is 7.68. The molecule has 1 aliphatic carbocycles. The molecule has 0 amide bonds. The van der Waals surface area contributed by atoms with Crippen LogP contribution in [0.2, 0.25) is 5.02 Å². The highest BCUT2D eigenvalue weighted by atomic mass is 35.5. The molecule has 0 aromatic heterocycles.